The van der Waals surface area contributed by atoms with Crippen LogP contribution < -0.4 is 10.0 Å². The molecule has 0 bridgehead atoms. The van der Waals surface area contributed by atoms with E-state index in [9.17, 15) is 8.42 Å². The van der Waals surface area contributed by atoms with E-state index in [-0.39, 0.29) is 6.04 Å². The normalized spacial score (nSPS) is 22.1. The molecule has 0 spiro atoms. The van der Waals surface area contributed by atoms with E-state index in [1.807, 2.05) is 24.3 Å². The molecule has 1 fully saturated rings. The lowest BCUT2D eigenvalue weighted by atomic mass is 10.1. The number of benzene rings is 1. The molecule has 2 N–H and O–H groups in total. The van der Waals surface area contributed by atoms with Crippen molar-refractivity contribution in [3.8, 4) is 0 Å². The highest BCUT2D eigenvalue weighted by atomic mass is 32.2. The predicted octanol–water partition coefficient (Wildman–Crippen LogP) is 0.758. The van der Waals surface area contributed by atoms with Crippen LogP contribution in [0.5, 0.6) is 0 Å². The molecule has 1 atom stereocenters. The van der Waals surface area contributed by atoms with Gasteiger partial charge in [-0.15, -0.1) is 0 Å². The molecular weight excluding hydrogens is 302 g/mol. The van der Waals surface area contributed by atoms with Gasteiger partial charge in [0.1, 0.15) is 0 Å². The molecule has 6 nitrogen and oxygen atoms in total. The van der Waals surface area contributed by atoms with Gasteiger partial charge in [-0.25, -0.2) is 3.97 Å². The van der Waals surface area contributed by atoms with E-state index in [1.165, 1.54) is 3.97 Å². The third kappa shape index (κ3) is 2.25. The van der Waals surface area contributed by atoms with E-state index in [2.05, 4.69) is 10.0 Å². The van der Waals surface area contributed by atoms with E-state index in [0.29, 0.717) is 26.2 Å². The Morgan fingerprint density at radius 3 is 3.00 bits per heavy atom. The highest BCUT2D eigenvalue weighted by Gasteiger charge is 2.29. The number of hydrogen-bond donors (Lipinski definition) is 2. The van der Waals surface area contributed by atoms with Crippen LogP contribution in [-0.2, 0) is 27.9 Å². The molecule has 3 heterocycles. The van der Waals surface area contributed by atoms with Crippen molar-refractivity contribution < 1.29 is 13.2 Å². The summed E-state index contributed by atoms with van der Waals surface area (Å²) in [5, 5.41) is 4.33. The van der Waals surface area contributed by atoms with E-state index < -0.39 is 10.2 Å². The monoisotopic (exact) mass is 321 g/mol. The highest BCUT2D eigenvalue weighted by Crippen LogP contribution is 2.29. The summed E-state index contributed by atoms with van der Waals surface area (Å²) in [5.74, 6) is 0. The molecule has 7 heteroatoms. The van der Waals surface area contributed by atoms with Crippen LogP contribution in [0.4, 0.5) is 0 Å². The second-order valence-electron chi connectivity index (χ2n) is 5.82. The fourth-order valence-corrected chi connectivity index (χ4v) is 4.99. The first-order chi connectivity index (χ1) is 10.7. The first kappa shape index (κ1) is 14.2. The first-order valence-corrected chi connectivity index (χ1v) is 9.03. The molecular formula is C15H19N3O3S. The first-order valence-electron chi connectivity index (χ1n) is 7.59. The van der Waals surface area contributed by atoms with Crippen molar-refractivity contribution in [1.82, 2.24) is 14.0 Å². The summed E-state index contributed by atoms with van der Waals surface area (Å²) in [6, 6.07) is 7.56. The molecule has 1 saturated heterocycles. The molecule has 2 aliphatic heterocycles. The standard InChI is InChI=1S/C15H19N3O3S/c19-22(20,17-11-6-8-21-10-11)18-14-4-2-1-3-12(14)13-9-16-7-5-15(13)18/h1-4,11,16-17H,5-10H2. The predicted molar refractivity (Wildman–Crippen MR) is 84.0 cm³/mol. The van der Waals surface area contributed by atoms with Crippen LogP contribution in [-0.4, -0.2) is 38.2 Å². The summed E-state index contributed by atoms with van der Waals surface area (Å²) in [6.07, 6.45) is 1.44. The average molecular weight is 321 g/mol. The molecule has 4 rings (SSSR count). The van der Waals surface area contributed by atoms with Crippen LogP contribution in [0.3, 0.4) is 0 Å². The van der Waals surface area contributed by atoms with Crippen molar-refractivity contribution in [3.05, 3.63) is 35.5 Å². The SMILES string of the molecule is O=S(=O)(NC1CCOC1)n1c2c(c3ccccc31)CNCC2. The number of para-hydroxylation sites is 1. The van der Waals surface area contributed by atoms with Gasteiger partial charge < -0.3 is 10.1 Å². The number of ether oxygens (including phenoxy) is 1. The second-order valence-corrected chi connectivity index (χ2v) is 7.37. The molecule has 2 aromatic rings. The minimum Gasteiger partial charge on any atom is -0.380 e. The Morgan fingerprint density at radius 1 is 1.32 bits per heavy atom. The Balaban J connectivity index is 1.86. The zero-order valence-corrected chi connectivity index (χ0v) is 13.0. The molecule has 0 aliphatic carbocycles. The highest BCUT2D eigenvalue weighted by molar-refractivity contribution is 7.88. The van der Waals surface area contributed by atoms with Crippen molar-refractivity contribution in [3.63, 3.8) is 0 Å². The molecule has 22 heavy (non-hydrogen) atoms. The zero-order valence-electron chi connectivity index (χ0n) is 12.2. The van der Waals surface area contributed by atoms with E-state index in [0.717, 1.165) is 35.1 Å². The van der Waals surface area contributed by atoms with Gasteiger partial charge in [0.25, 0.3) is 0 Å². The molecule has 118 valence electrons. The quantitative estimate of drug-likeness (QED) is 0.875. The summed E-state index contributed by atoms with van der Waals surface area (Å²) >= 11 is 0. The van der Waals surface area contributed by atoms with Gasteiger partial charge in [-0.2, -0.15) is 13.1 Å². The minimum absolute atomic E-state index is 0.136. The van der Waals surface area contributed by atoms with Crippen LogP contribution in [0, 0.1) is 0 Å². The number of rotatable bonds is 3. The lowest BCUT2D eigenvalue weighted by molar-refractivity contribution is 0.192. The molecule has 1 unspecified atom stereocenters. The topological polar surface area (TPSA) is 72.4 Å². The zero-order chi connectivity index (χ0) is 15.2. The van der Waals surface area contributed by atoms with Gasteiger partial charge in [-0.1, -0.05) is 18.2 Å². The Morgan fingerprint density at radius 2 is 2.18 bits per heavy atom. The fourth-order valence-electron chi connectivity index (χ4n) is 3.36. The fraction of sp³-hybridized carbons (Fsp3) is 0.467. The molecule has 0 radical (unpaired) electrons. The number of fused-ring (bicyclic) bond motifs is 3. The molecule has 0 saturated carbocycles. The summed E-state index contributed by atoms with van der Waals surface area (Å²) in [6.45, 7) is 2.57. The Hall–Kier alpha value is -1.41. The van der Waals surface area contributed by atoms with Crippen LogP contribution in [0.1, 0.15) is 17.7 Å². The van der Waals surface area contributed by atoms with Gasteiger partial charge in [0.05, 0.1) is 12.1 Å². The Labute approximate surface area is 129 Å². The Kier molecular flexibility index (Phi) is 3.45. The molecule has 0 amide bonds. The third-order valence-electron chi connectivity index (χ3n) is 4.37. The number of aromatic nitrogens is 1. The number of hydrogen-bond acceptors (Lipinski definition) is 4. The second kappa shape index (κ2) is 5.34. The largest absolute Gasteiger partial charge is 0.380 e. The van der Waals surface area contributed by atoms with Crippen molar-refractivity contribution in [2.24, 2.45) is 0 Å². The summed E-state index contributed by atoms with van der Waals surface area (Å²) < 4.78 is 35.4. The van der Waals surface area contributed by atoms with Gasteiger partial charge in [0.2, 0.25) is 0 Å². The maximum atomic E-state index is 12.9. The summed E-state index contributed by atoms with van der Waals surface area (Å²) in [5.41, 5.74) is 2.74. The van der Waals surface area contributed by atoms with Crippen LogP contribution in [0.25, 0.3) is 10.9 Å². The van der Waals surface area contributed by atoms with Gasteiger partial charge in [-0.3, -0.25) is 0 Å². The third-order valence-corrected chi connectivity index (χ3v) is 5.90. The van der Waals surface area contributed by atoms with Crippen molar-refractivity contribution in [2.45, 2.75) is 25.4 Å². The van der Waals surface area contributed by atoms with Crippen LogP contribution in [0.15, 0.2) is 24.3 Å². The van der Waals surface area contributed by atoms with E-state index >= 15 is 0 Å². The maximum absolute atomic E-state index is 12.9. The minimum atomic E-state index is -3.61. The van der Waals surface area contributed by atoms with Gasteiger partial charge >= 0.3 is 10.2 Å². The molecule has 1 aromatic carbocycles. The van der Waals surface area contributed by atoms with E-state index in [1.54, 1.807) is 0 Å². The van der Waals surface area contributed by atoms with E-state index in [4.69, 9.17) is 4.74 Å². The smallest absolute Gasteiger partial charge is 0.306 e. The average Bonchev–Trinajstić information content (AvgIpc) is 3.12. The Bertz CT molecular complexity index is 807. The van der Waals surface area contributed by atoms with Gasteiger partial charge in [-0.05, 0) is 18.1 Å². The lowest BCUT2D eigenvalue weighted by Crippen LogP contribution is -2.40. The van der Waals surface area contributed by atoms with Crippen LogP contribution >= 0.6 is 0 Å². The van der Waals surface area contributed by atoms with Crippen molar-refractivity contribution >= 4 is 21.1 Å². The molecule has 1 aromatic heterocycles. The number of nitrogens with zero attached hydrogens (tertiary/aromatic N) is 1. The lowest BCUT2D eigenvalue weighted by Gasteiger charge is -2.19. The molecule has 2 aliphatic rings. The number of nitrogens with one attached hydrogen (secondary N) is 2. The summed E-state index contributed by atoms with van der Waals surface area (Å²) in [7, 11) is -3.61. The van der Waals surface area contributed by atoms with Crippen molar-refractivity contribution in [2.75, 3.05) is 19.8 Å². The van der Waals surface area contributed by atoms with Crippen LogP contribution in [0.2, 0.25) is 0 Å². The van der Waals surface area contributed by atoms with Gasteiger partial charge in [0, 0.05) is 43.2 Å². The summed E-state index contributed by atoms with van der Waals surface area (Å²) in [4.78, 5) is 0. The maximum Gasteiger partial charge on any atom is 0.306 e. The van der Waals surface area contributed by atoms with Gasteiger partial charge in [0.15, 0.2) is 0 Å². The van der Waals surface area contributed by atoms with Crippen molar-refractivity contribution in [1.29, 1.82) is 0 Å².